The van der Waals surface area contributed by atoms with Crippen molar-refractivity contribution >= 4 is 51.8 Å². The molecule has 0 saturated carbocycles. The summed E-state index contributed by atoms with van der Waals surface area (Å²) in [6.07, 6.45) is 0. The van der Waals surface area contributed by atoms with E-state index >= 15 is 0 Å². The Morgan fingerprint density at radius 2 is 1.57 bits per heavy atom. The Morgan fingerprint density at radius 3 is 2.24 bits per heavy atom. The predicted molar refractivity (Wildman–Crippen MR) is 90.1 cm³/mol. The van der Waals surface area contributed by atoms with Crippen molar-refractivity contribution in [2.24, 2.45) is 9.98 Å². The summed E-state index contributed by atoms with van der Waals surface area (Å²) in [5.41, 5.74) is 1.97. The molecule has 0 N–H and O–H groups in total. The van der Waals surface area contributed by atoms with E-state index in [1.165, 1.54) is 5.32 Å². The van der Waals surface area contributed by atoms with Crippen LogP contribution in [0.2, 0.25) is 5.32 Å². The molecule has 1 aliphatic rings. The molecular formula is C16H14N3Se2. The molecule has 1 aliphatic heterocycles. The Morgan fingerprint density at radius 1 is 0.952 bits per heavy atom. The Kier molecular flexibility index (Phi) is 4.89. The zero-order valence-electron chi connectivity index (χ0n) is 11.3. The summed E-state index contributed by atoms with van der Waals surface area (Å²) >= 11 is 3.50. The molecule has 105 valence electrons. The summed E-state index contributed by atoms with van der Waals surface area (Å²) in [6.45, 7) is 0.990. The predicted octanol–water partition coefficient (Wildman–Crippen LogP) is 2.97. The molecule has 3 rings (SSSR count). The first kappa shape index (κ1) is 14.6. The summed E-state index contributed by atoms with van der Waals surface area (Å²) < 4.78 is 2.04. The number of benzene rings is 2. The Labute approximate surface area is 139 Å². The van der Waals surface area contributed by atoms with Gasteiger partial charge < -0.3 is 0 Å². The normalized spacial score (nSPS) is 17.4. The van der Waals surface area contributed by atoms with Crippen LogP contribution in [0.3, 0.4) is 0 Å². The van der Waals surface area contributed by atoms with E-state index in [0.717, 1.165) is 27.4 Å². The first-order valence-corrected chi connectivity index (χ1v) is 9.60. The van der Waals surface area contributed by atoms with Gasteiger partial charge in [0.15, 0.2) is 0 Å². The second-order valence-electron chi connectivity index (χ2n) is 4.46. The summed E-state index contributed by atoms with van der Waals surface area (Å²) in [5.74, 6) is 0. The quantitative estimate of drug-likeness (QED) is 0.428. The third kappa shape index (κ3) is 3.83. The molecule has 2 aromatic rings. The van der Waals surface area contributed by atoms with Crippen molar-refractivity contribution in [3.8, 4) is 0 Å². The third-order valence-electron chi connectivity index (χ3n) is 2.97. The average Bonchev–Trinajstić information content (AvgIpc) is 2.97. The van der Waals surface area contributed by atoms with Crippen LogP contribution in [0, 0.1) is 0 Å². The molecule has 1 saturated heterocycles. The SMILES string of the molecule is [Se]C(=Nc1ccccc1)N1CC[Se]C1=Nc1ccccc1. The van der Waals surface area contributed by atoms with Crippen molar-refractivity contribution in [1.29, 1.82) is 0 Å². The number of para-hydroxylation sites is 2. The van der Waals surface area contributed by atoms with Crippen LogP contribution < -0.4 is 0 Å². The van der Waals surface area contributed by atoms with Gasteiger partial charge in [0.1, 0.15) is 0 Å². The van der Waals surface area contributed by atoms with Crippen molar-refractivity contribution < 1.29 is 0 Å². The fourth-order valence-electron chi connectivity index (χ4n) is 1.96. The van der Waals surface area contributed by atoms with Crippen LogP contribution in [-0.2, 0) is 0 Å². The van der Waals surface area contributed by atoms with Crippen molar-refractivity contribution in [3.63, 3.8) is 0 Å². The fraction of sp³-hybridized carbons (Fsp3) is 0.125. The molecule has 0 unspecified atom stereocenters. The maximum absolute atomic E-state index is 4.77. The van der Waals surface area contributed by atoms with Gasteiger partial charge in [-0.15, -0.1) is 0 Å². The van der Waals surface area contributed by atoms with Crippen molar-refractivity contribution in [2.45, 2.75) is 5.32 Å². The molecule has 0 bridgehead atoms. The third-order valence-corrected chi connectivity index (χ3v) is 5.63. The number of nitrogens with zero attached hydrogens (tertiary/aromatic N) is 3. The van der Waals surface area contributed by atoms with Crippen LogP contribution in [0.1, 0.15) is 0 Å². The minimum atomic E-state index is 0.414. The monoisotopic (exact) mass is 408 g/mol. The Balaban J connectivity index is 1.84. The molecule has 0 atom stereocenters. The molecule has 0 amide bonds. The van der Waals surface area contributed by atoms with Crippen LogP contribution in [0.4, 0.5) is 11.4 Å². The van der Waals surface area contributed by atoms with Crippen LogP contribution in [0.25, 0.3) is 0 Å². The van der Waals surface area contributed by atoms with Gasteiger partial charge in [0.25, 0.3) is 0 Å². The summed E-state index contributed by atoms with van der Waals surface area (Å²) in [7, 11) is 0. The first-order chi connectivity index (χ1) is 10.3. The van der Waals surface area contributed by atoms with Gasteiger partial charge in [0.2, 0.25) is 0 Å². The molecule has 3 nitrogen and oxygen atoms in total. The molecule has 1 heterocycles. The van der Waals surface area contributed by atoms with Crippen molar-refractivity contribution in [3.05, 3.63) is 60.7 Å². The average molecular weight is 406 g/mol. The zero-order valence-corrected chi connectivity index (χ0v) is 14.8. The standard InChI is InChI=1S/C16H14N3Se2/c20-15(17-13-7-3-1-4-8-13)19-11-12-21-16(19)18-14-9-5-2-6-10-14/h1-10H,11-12H2. The fourth-order valence-corrected chi connectivity index (χ4v) is 4.86. The van der Waals surface area contributed by atoms with E-state index in [1.807, 2.05) is 60.7 Å². The molecule has 1 fully saturated rings. The number of amidine groups is 2. The van der Waals surface area contributed by atoms with E-state index in [1.54, 1.807) is 0 Å². The summed E-state index contributed by atoms with van der Waals surface area (Å²) in [6, 6.07) is 20.1. The van der Waals surface area contributed by atoms with E-state index in [-0.39, 0.29) is 0 Å². The molecule has 1 radical (unpaired) electrons. The summed E-state index contributed by atoms with van der Waals surface area (Å²) in [5, 5.41) is 1.17. The molecule has 0 aromatic heterocycles. The molecular weight excluding hydrogens is 392 g/mol. The van der Waals surface area contributed by atoms with Crippen LogP contribution in [0.15, 0.2) is 70.6 Å². The first-order valence-electron chi connectivity index (χ1n) is 6.68. The van der Waals surface area contributed by atoms with Gasteiger partial charge in [-0.25, -0.2) is 0 Å². The number of rotatable bonds is 2. The molecule has 0 spiro atoms. The summed E-state index contributed by atoms with van der Waals surface area (Å²) in [4.78, 5) is 11.6. The van der Waals surface area contributed by atoms with E-state index in [0.29, 0.717) is 15.0 Å². The van der Waals surface area contributed by atoms with Gasteiger partial charge in [-0.05, 0) is 0 Å². The van der Waals surface area contributed by atoms with Crippen molar-refractivity contribution in [1.82, 2.24) is 4.90 Å². The second kappa shape index (κ2) is 7.06. The Bertz CT molecular complexity index is 654. The number of hydrogen-bond acceptors (Lipinski definition) is 2. The van der Waals surface area contributed by atoms with E-state index < -0.39 is 0 Å². The zero-order chi connectivity index (χ0) is 14.5. The maximum atomic E-state index is 4.77. The minimum absolute atomic E-state index is 0.414. The second-order valence-corrected chi connectivity index (χ2v) is 7.45. The topological polar surface area (TPSA) is 28.0 Å². The molecule has 21 heavy (non-hydrogen) atoms. The van der Waals surface area contributed by atoms with Crippen LogP contribution >= 0.6 is 0 Å². The number of hydrogen-bond donors (Lipinski definition) is 0. The van der Waals surface area contributed by atoms with Crippen molar-refractivity contribution in [2.75, 3.05) is 6.54 Å². The van der Waals surface area contributed by atoms with E-state index in [4.69, 9.17) is 4.99 Å². The van der Waals surface area contributed by atoms with Gasteiger partial charge in [0.05, 0.1) is 0 Å². The van der Waals surface area contributed by atoms with Crippen LogP contribution in [-0.4, -0.2) is 51.9 Å². The van der Waals surface area contributed by atoms with E-state index in [9.17, 15) is 0 Å². The Hall–Kier alpha value is -1.38. The van der Waals surface area contributed by atoms with Gasteiger partial charge in [0, 0.05) is 0 Å². The molecule has 2 aromatic carbocycles. The van der Waals surface area contributed by atoms with Gasteiger partial charge in [-0.2, -0.15) is 0 Å². The van der Waals surface area contributed by atoms with Gasteiger partial charge >= 0.3 is 139 Å². The van der Waals surface area contributed by atoms with Crippen LogP contribution in [0.5, 0.6) is 0 Å². The molecule has 5 heteroatoms. The molecule has 0 aliphatic carbocycles. The van der Waals surface area contributed by atoms with E-state index in [2.05, 4.69) is 25.9 Å². The van der Waals surface area contributed by atoms with Gasteiger partial charge in [-0.1, -0.05) is 0 Å². The van der Waals surface area contributed by atoms with Gasteiger partial charge in [-0.3, -0.25) is 0 Å². The number of aliphatic imine (C=N–C) groups is 2.